The zero-order valence-corrected chi connectivity index (χ0v) is 14.4. The summed E-state index contributed by atoms with van der Waals surface area (Å²) in [5.74, 6) is -0.633. The van der Waals surface area contributed by atoms with Gasteiger partial charge in [-0.2, -0.15) is 5.10 Å². The van der Waals surface area contributed by atoms with Gasteiger partial charge in [-0.15, -0.1) is 0 Å². The summed E-state index contributed by atoms with van der Waals surface area (Å²) in [6.45, 7) is 5.23. The van der Waals surface area contributed by atoms with Gasteiger partial charge in [0.05, 0.1) is 0 Å². The van der Waals surface area contributed by atoms with Crippen molar-refractivity contribution in [3.05, 3.63) is 46.5 Å². The third-order valence-corrected chi connectivity index (χ3v) is 3.33. The molecule has 1 heterocycles. The van der Waals surface area contributed by atoms with Crippen LogP contribution in [0.1, 0.15) is 38.5 Å². The molecule has 2 atom stereocenters. The maximum atomic E-state index is 12.5. The van der Waals surface area contributed by atoms with E-state index in [9.17, 15) is 9.90 Å². The maximum absolute atomic E-state index is 12.5. The predicted molar refractivity (Wildman–Crippen MR) is 86.3 cm³/mol. The fourth-order valence-electron chi connectivity index (χ4n) is 2.03. The van der Waals surface area contributed by atoms with E-state index in [1.54, 1.807) is 20.8 Å². The fourth-order valence-corrected chi connectivity index (χ4v) is 2.58. The molecule has 1 aromatic carbocycles. The van der Waals surface area contributed by atoms with Crippen molar-refractivity contribution in [3.8, 4) is 0 Å². The Bertz CT molecular complexity index is 664. The van der Waals surface area contributed by atoms with Gasteiger partial charge in [0.25, 0.3) is 0 Å². The predicted octanol–water partition coefficient (Wildman–Crippen LogP) is 3.20. The molecule has 0 saturated carbocycles. The second-order valence-electron chi connectivity index (χ2n) is 6.00. The lowest BCUT2D eigenvalue weighted by Gasteiger charge is -2.27. The van der Waals surface area contributed by atoms with E-state index < -0.39 is 23.7 Å². The van der Waals surface area contributed by atoms with Crippen LogP contribution < -0.4 is 0 Å². The van der Waals surface area contributed by atoms with Gasteiger partial charge in [0.2, 0.25) is 0 Å². The van der Waals surface area contributed by atoms with Crippen LogP contribution in [0.15, 0.2) is 30.9 Å². The van der Waals surface area contributed by atoms with Gasteiger partial charge in [0, 0.05) is 10.0 Å². The minimum Gasteiger partial charge on any atom is -0.458 e. The Morgan fingerprint density at radius 2 is 1.87 bits per heavy atom. The molecule has 0 fully saturated rings. The van der Waals surface area contributed by atoms with Gasteiger partial charge < -0.3 is 9.84 Å². The van der Waals surface area contributed by atoms with Crippen LogP contribution in [0.3, 0.4) is 0 Å². The molecule has 0 spiro atoms. The summed E-state index contributed by atoms with van der Waals surface area (Å²) in [6, 6.07) is 3.50. The highest BCUT2D eigenvalue weighted by Gasteiger charge is 2.34. The lowest BCUT2D eigenvalue weighted by molar-refractivity contribution is -0.163. The summed E-state index contributed by atoms with van der Waals surface area (Å²) in [4.78, 5) is 16.3. The molecule has 2 unspecified atom stereocenters. The van der Waals surface area contributed by atoms with Gasteiger partial charge in [0.1, 0.15) is 24.4 Å². The largest absolute Gasteiger partial charge is 0.458 e. The number of esters is 1. The molecule has 23 heavy (non-hydrogen) atoms. The number of ether oxygens (including phenoxy) is 1. The van der Waals surface area contributed by atoms with Crippen LogP contribution in [0.4, 0.5) is 0 Å². The van der Waals surface area contributed by atoms with E-state index in [0.29, 0.717) is 15.6 Å². The number of hydrogen-bond donors (Lipinski definition) is 1. The molecule has 0 saturated heterocycles. The van der Waals surface area contributed by atoms with Crippen LogP contribution in [0.2, 0.25) is 10.0 Å². The van der Waals surface area contributed by atoms with Crippen molar-refractivity contribution in [1.29, 1.82) is 0 Å². The van der Waals surface area contributed by atoms with E-state index in [-0.39, 0.29) is 0 Å². The molecule has 0 bridgehead atoms. The first-order valence-corrected chi connectivity index (χ1v) is 7.64. The minimum atomic E-state index is -1.25. The number of carbonyl (C=O) groups is 1. The molecule has 1 N–H and O–H groups in total. The molecule has 2 aromatic rings. The summed E-state index contributed by atoms with van der Waals surface area (Å²) >= 11 is 11.9. The van der Waals surface area contributed by atoms with Gasteiger partial charge >= 0.3 is 5.97 Å². The topological polar surface area (TPSA) is 77.2 Å². The average Bonchev–Trinajstić information content (AvgIpc) is 2.89. The van der Waals surface area contributed by atoms with Crippen LogP contribution >= 0.6 is 23.2 Å². The Kier molecular flexibility index (Phi) is 5.29. The summed E-state index contributed by atoms with van der Waals surface area (Å²) in [7, 11) is 0. The molecule has 0 aliphatic heterocycles. The molecule has 124 valence electrons. The Hall–Kier alpha value is -1.63. The quantitative estimate of drug-likeness (QED) is 0.850. The molecular weight excluding hydrogens is 341 g/mol. The maximum Gasteiger partial charge on any atom is 0.334 e. The van der Waals surface area contributed by atoms with Gasteiger partial charge in [-0.25, -0.2) is 14.5 Å². The van der Waals surface area contributed by atoms with Crippen molar-refractivity contribution in [3.63, 3.8) is 0 Å². The summed E-state index contributed by atoms with van der Waals surface area (Å²) in [5.41, 5.74) is -0.324. The number of aliphatic hydroxyl groups excluding tert-OH is 1. The summed E-state index contributed by atoms with van der Waals surface area (Å²) in [5, 5.41) is 15.3. The first-order valence-electron chi connectivity index (χ1n) is 6.88. The number of rotatable bonds is 4. The van der Waals surface area contributed by atoms with Crippen molar-refractivity contribution in [2.75, 3.05) is 0 Å². The van der Waals surface area contributed by atoms with Crippen molar-refractivity contribution >= 4 is 29.2 Å². The molecule has 0 amide bonds. The number of carbonyl (C=O) groups excluding carboxylic acids is 1. The zero-order valence-electron chi connectivity index (χ0n) is 12.9. The molecule has 2 rings (SSSR count). The molecule has 6 nitrogen and oxygen atoms in total. The van der Waals surface area contributed by atoms with Crippen LogP contribution in [0, 0.1) is 0 Å². The number of aromatic nitrogens is 3. The molecular formula is C15H17Cl2N3O3. The minimum absolute atomic E-state index is 0.355. The first-order chi connectivity index (χ1) is 10.7. The lowest BCUT2D eigenvalue weighted by atomic mass is 10.0. The fraction of sp³-hybridized carbons (Fsp3) is 0.400. The molecule has 8 heteroatoms. The molecule has 1 aromatic heterocycles. The van der Waals surface area contributed by atoms with Crippen molar-refractivity contribution < 1.29 is 14.6 Å². The van der Waals surface area contributed by atoms with E-state index >= 15 is 0 Å². The number of benzene rings is 1. The number of halogens is 2. The Morgan fingerprint density at radius 1 is 1.26 bits per heavy atom. The van der Waals surface area contributed by atoms with Crippen LogP contribution in [-0.2, 0) is 9.53 Å². The highest BCUT2D eigenvalue weighted by Crippen LogP contribution is 2.31. The molecule has 0 radical (unpaired) electrons. The lowest BCUT2D eigenvalue weighted by Crippen LogP contribution is -2.34. The van der Waals surface area contributed by atoms with Gasteiger partial charge in [0.15, 0.2) is 6.04 Å². The van der Waals surface area contributed by atoms with E-state index in [4.69, 9.17) is 27.9 Å². The standard InChI is InChI=1S/C15H17Cl2N3O3/c1-15(2,3)23-14(22)12(20-8-18-7-19-20)13(21)9-4-10(16)6-11(17)5-9/h4-8,12-13,21H,1-3H3. The van der Waals surface area contributed by atoms with Gasteiger partial charge in [-0.05, 0) is 44.5 Å². The Labute approximate surface area is 144 Å². The van der Waals surface area contributed by atoms with Gasteiger partial charge in [-0.3, -0.25) is 0 Å². The average molecular weight is 358 g/mol. The third kappa shape index (κ3) is 4.67. The smallest absolute Gasteiger partial charge is 0.334 e. The van der Waals surface area contributed by atoms with Crippen LogP contribution in [-0.4, -0.2) is 31.4 Å². The van der Waals surface area contributed by atoms with Crippen molar-refractivity contribution in [2.24, 2.45) is 0 Å². The Balaban J connectivity index is 2.39. The van der Waals surface area contributed by atoms with Crippen LogP contribution in [0.5, 0.6) is 0 Å². The zero-order chi connectivity index (χ0) is 17.2. The number of aliphatic hydroxyl groups is 1. The van der Waals surface area contributed by atoms with Crippen molar-refractivity contribution in [2.45, 2.75) is 38.5 Å². The van der Waals surface area contributed by atoms with Crippen LogP contribution in [0.25, 0.3) is 0 Å². The monoisotopic (exact) mass is 357 g/mol. The third-order valence-electron chi connectivity index (χ3n) is 2.90. The molecule has 0 aliphatic rings. The Morgan fingerprint density at radius 3 is 2.35 bits per heavy atom. The summed E-state index contributed by atoms with van der Waals surface area (Å²) < 4.78 is 6.62. The normalized spacial score (nSPS) is 14.3. The highest BCUT2D eigenvalue weighted by molar-refractivity contribution is 6.34. The number of nitrogens with zero attached hydrogens (tertiary/aromatic N) is 3. The van der Waals surface area contributed by atoms with Crippen molar-refractivity contribution in [1.82, 2.24) is 14.8 Å². The summed E-state index contributed by atoms with van der Waals surface area (Å²) in [6.07, 6.45) is 1.36. The second kappa shape index (κ2) is 6.86. The molecule has 0 aliphatic carbocycles. The second-order valence-corrected chi connectivity index (χ2v) is 6.87. The number of hydrogen-bond acceptors (Lipinski definition) is 5. The van der Waals surface area contributed by atoms with E-state index in [0.717, 1.165) is 0 Å². The first kappa shape index (κ1) is 17.7. The highest BCUT2D eigenvalue weighted by atomic mass is 35.5. The van der Waals surface area contributed by atoms with E-state index in [1.807, 2.05) is 0 Å². The SMILES string of the molecule is CC(C)(C)OC(=O)C(C(O)c1cc(Cl)cc(Cl)c1)n1cncn1. The van der Waals surface area contributed by atoms with E-state index in [2.05, 4.69) is 10.1 Å². The van der Waals surface area contributed by atoms with Gasteiger partial charge in [-0.1, -0.05) is 23.2 Å². The van der Waals surface area contributed by atoms with E-state index in [1.165, 1.54) is 35.5 Å².